The molecule has 7 nitrogen and oxygen atoms in total. The van der Waals surface area contributed by atoms with Gasteiger partial charge in [0.05, 0.1) is 11.4 Å². The van der Waals surface area contributed by atoms with Crippen molar-refractivity contribution >= 4 is 28.4 Å². The Kier molecular flexibility index (Phi) is 5.79. The minimum atomic E-state index is 0.0878. The van der Waals surface area contributed by atoms with Gasteiger partial charge in [0.1, 0.15) is 5.65 Å². The summed E-state index contributed by atoms with van der Waals surface area (Å²) in [6.07, 6.45) is 8.27. The average Bonchev–Trinajstić information content (AvgIpc) is 3.28. The predicted octanol–water partition coefficient (Wildman–Crippen LogP) is 4.03. The Bertz CT molecular complexity index is 1070. The van der Waals surface area contributed by atoms with Crippen LogP contribution in [-0.4, -0.2) is 50.7 Å². The Hall–Kier alpha value is -3.22. The van der Waals surface area contributed by atoms with Crippen molar-refractivity contribution in [3.05, 3.63) is 42.4 Å². The summed E-state index contributed by atoms with van der Waals surface area (Å²) in [5, 5.41) is 4.64. The Morgan fingerprint density at radius 1 is 1.23 bits per heavy atom. The topological polar surface area (TPSA) is 91.0 Å². The van der Waals surface area contributed by atoms with Crippen LogP contribution in [0, 0.1) is 0 Å². The zero-order valence-electron chi connectivity index (χ0n) is 17.4. The number of aromatic nitrogens is 3. The van der Waals surface area contributed by atoms with E-state index < -0.39 is 0 Å². The van der Waals surface area contributed by atoms with E-state index in [0.29, 0.717) is 30.6 Å². The first-order valence-electron chi connectivity index (χ1n) is 10.6. The first-order chi connectivity index (χ1) is 14.6. The Morgan fingerprint density at radius 3 is 2.90 bits per heavy atom. The molecule has 4 heterocycles. The van der Waals surface area contributed by atoms with Crippen molar-refractivity contribution in [1.29, 1.82) is 0 Å². The van der Waals surface area contributed by atoms with Crippen LogP contribution in [0.5, 0.6) is 0 Å². The molecule has 7 heteroatoms. The molecule has 0 spiro atoms. The highest BCUT2D eigenvalue weighted by Crippen LogP contribution is 2.34. The monoisotopic (exact) mass is 405 g/mol. The third-order valence-corrected chi connectivity index (χ3v) is 5.69. The second-order valence-electron chi connectivity index (χ2n) is 7.67. The van der Waals surface area contributed by atoms with Gasteiger partial charge in [0.25, 0.3) is 0 Å². The quantitative estimate of drug-likeness (QED) is 0.604. The van der Waals surface area contributed by atoms with Crippen molar-refractivity contribution in [3.8, 4) is 11.3 Å². The normalized spacial score (nSPS) is 16.6. The van der Waals surface area contributed by atoms with Crippen molar-refractivity contribution in [2.75, 3.05) is 18.4 Å². The van der Waals surface area contributed by atoms with Gasteiger partial charge in [-0.1, -0.05) is 13.8 Å². The highest BCUT2D eigenvalue weighted by Gasteiger charge is 2.24. The number of piperidine rings is 1. The van der Waals surface area contributed by atoms with E-state index >= 15 is 0 Å². The number of ketones is 1. The molecule has 2 N–H and O–H groups in total. The van der Waals surface area contributed by atoms with Crippen molar-refractivity contribution in [3.63, 3.8) is 0 Å². The SMILES string of the molecule is CCC(=O)c1ccnc(-c2cnc3[nH]ccc3c2N[C@@H]2CCCN(C(=O)CC)C2)c1. The molecular weight excluding hydrogens is 378 g/mol. The molecule has 1 aliphatic heterocycles. The lowest BCUT2D eigenvalue weighted by Crippen LogP contribution is -2.45. The number of anilines is 1. The van der Waals surface area contributed by atoms with Gasteiger partial charge in [0, 0.05) is 67.1 Å². The summed E-state index contributed by atoms with van der Waals surface area (Å²) in [6, 6.07) is 5.72. The van der Waals surface area contributed by atoms with E-state index in [1.807, 2.05) is 37.1 Å². The molecule has 1 atom stereocenters. The number of carbonyl (C=O) groups is 2. The highest BCUT2D eigenvalue weighted by atomic mass is 16.2. The first-order valence-corrected chi connectivity index (χ1v) is 10.6. The number of fused-ring (bicyclic) bond motifs is 1. The van der Waals surface area contributed by atoms with Crippen molar-refractivity contribution in [1.82, 2.24) is 19.9 Å². The Labute approximate surface area is 175 Å². The van der Waals surface area contributed by atoms with E-state index in [2.05, 4.69) is 20.3 Å². The predicted molar refractivity (Wildman–Crippen MR) is 117 cm³/mol. The Balaban J connectivity index is 1.71. The van der Waals surface area contributed by atoms with Crippen LogP contribution in [0.2, 0.25) is 0 Å². The molecule has 0 aliphatic carbocycles. The number of amides is 1. The van der Waals surface area contributed by atoms with E-state index in [0.717, 1.165) is 41.7 Å². The van der Waals surface area contributed by atoms with Gasteiger partial charge in [-0.3, -0.25) is 14.6 Å². The summed E-state index contributed by atoms with van der Waals surface area (Å²) in [4.78, 5) is 38.6. The van der Waals surface area contributed by atoms with E-state index in [9.17, 15) is 9.59 Å². The molecule has 4 rings (SSSR count). The molecule has 1 aliphatic rings. The van der Waals surface area contributed by atoms with E-state index in [1.54, 1.807) is 18.5 Å². The lowest BCUT2D eigenvalue weighted by atomic mass is 10.0. The molecule has 0 radical (unpaired) electrons. The molecule has 1 amide bonds. The second-order valence-corrected chi connectivity index (χ2v) is 7.67. The molecule has 1 fully saturated rings. The molecule has 3 aromatic rings. The lowest BCUT2D eigenvalue weighted by molar-refractivity contribution is -0.131. The summed E-state index contributed by atoms with van der Waals surface area (Å²) in [5.41, 5.74) is 3.95. The van der Waals surface area contributed by atoms with Gasteiger partial charge in [0.15, 0.2) is 5.78 Å². The van der Waals surface area contributed by atoms with Crippen LogP contribution in [-0.2, 0) is 4.79 Å². The van der Waals surface area contributed by atoms with Crippen LogP contribution < -0.4 is 5.32 Å². The number of hydrogen-bond acceptors (Lipinski definition) is 5. The lowest BCUT2D eigenvalue weighted by Gasteiger charge is -2.34. The smallest absolute Gasteiger partial charge is 0.222 e. The van der Waals surface area contributed by atoms with Crippen LogP contribution in [0.25, 0.3) is 22.3 Å². The van der Waals surface area contributed by atoms with Crippen LogP contribution in [0.15, 0.2) is 36.8 Å². The van der Waals surface area contributed by atoms with Gasteiger partial charge in [-0.25, -0.2) is 4.98 Å². The van der Waals surface area contributed by atoms with E-state index in [1.165, 1.54) is 0 Å². The minimum absolute atomic E-state index is 0.0878. The Morgan fingerprint density at radius 2 is 2.10 bits per heavy atom. The van der Waals surface area contributed by atoms with Crippen molar-refractivity contribution in [2.24, 2.45) is 0 Å². The number of carbonyl (C=O) groups excluding carboxylic acids is 2. The molecule has 0 saturated carbocycles. The van der Waals surface area contributed by atoms with Gasteiger partial charge >= 0.3 is 0 Å². The van der Waals surface area contributed by atoms with Crippen LogP contribution in [0.3, 0.4) is 0 Å². The fourth-order valence-corrected chi connectivity index (χ4v) is 4.06. The van der Waals surface area contributed by atoms with E-state index in [4.69, 9.17) is 0 Å². The molecule has 0 unspecified atom stereocenters. The number of nitrogens with one attached hydrogen (secondary N) is 2. The third kappa shape index (κ3) is 3.92. The van der Waals surface area contributed by atoms with Gasteiger partial charge in [-0.15, -0.1) is 0 Å². The molecule has 0 aromatic carbocycles. The number of aromatic amines is 1. The fraction of sp³-hybridized carbons (Fsp3) is 0.391. The van der Waals surface area contributed by atoms with Crippen molar-refractivity contribution < 1.29 is 9.59 Å². The van der Waals surface area contributed by atoms with Gasteiger partial charge < -0.3 is 15.2 Å². The van der Waals surface area contributed by atoms with Gasteiger partial charge in [-0.2, -0.15) is 0 Å². The number of rotatable bonds is 6. The number of Topliss-reactive ketones (excluding diaryl/α,β-unsaturated/α-hetero) is 1. The zero-order valence-corrected chi connectivity index (χ0v) is 17.4. The third-order valence-electron chi connectivity index (χ3n) is 5.69. The molecule has 3 aromatic heterocycles. The van der Waals surface area contributed by atoms with Crippen molar-refractivity contribution in [2.45, 2.75) is 45.6 Å². The van der Waals surface area contributed by atoms with Crippen LogP contribution >= 0.6 is 0 Å². The number of H-pyrrole nitrogens is 1. The van der Waals surface area contributed by atoms with Gasteiger partial charge in [0.2, 0.25) is 5.91 Å². The minimum Gasteiger partial charge on any atom is -0.379 e. The van der Waals surface area contributed by atoms with Crippen LogP contribution in [0.1, 0.15) is 49.9 Å². The van der Waals surface area contributed by atoms with E-state index in [-0.39, 0.29) is 17.7 Å². The molecule has 30 heavy (non-hydrogen) atoms. The maximum absolute atomic E-state index is 12.2. The summed E-state index contributed by atoms with van der Waals surface area (Å²) in [5.74, 6) is 0.278. The standard InChI is InChI=1S/C23H27N5O2/c1-3-20(29)15-7-9-24-19(12-15)18-13-26-23-17(8-10-25-23)22(18)27-16-6-5-11-28(14-16)21(30)4-2/h7-10,12-13,16H,3-6,11,14H2,1-2H3,(H2,25,26,27)/t16-/m1/s1. The number of hydrogen-bond donors (Lipinski definition) is 2. The second kappa shape index (κ2) is 8.65. The number of likely N-dealkylation sites (tertiary alicyclic amines) is 1. The fourth-order valence-electron chi connectivity index (χ4n) is 4.06. The zero-order chi connectivity index (χ0) is 21.1. The molecular formula is C23H27N5O2. The molecule has 1 saturated heterocycles. The average molecular weight is 406 g/mol. The van der Waals surface area contributed by atoms with Gasteiger partial charge in [-0.05, 0) is 31.0 Å². The largest absolute Gasteiger partial charge is 0.379 e. The summed E-state index contributed by atoms with van der Waals surface area (Å²) in [7, 11) is 0. The number of pyridine rings is 2. The maximum atomic E-state index is 12.2. The molecule has 0 bridgehead atoms. The summed E-state index contributed by atoms with van der Waals surface area (Å²) < 4.78 is 0. The number of nitrogens with zero attached hydrogens (tertiary/aromatic N) is 3. The molecule has 156 valence electrons. The van der Waals surface area contributed by atoms with Crippen LogP contribution in [0.4, 0.5) is 5.69 Å². The maximum Gasteiger partial charge on any atom is 0.222 e. The summed E-state index contributed by atoms with van der Waals surface area (Å²) in [6.45, 7) is 5.26. The highest BCUT2D eigenvalue weighted by molar-refractivity contribution is 6.00. The first kappa shape index (κ1) is 20.1. The summed E-state index contributed by atoms with van der Waals surface area (Å²) >= 11 is 0.